The smallest absolute Gasteiger partial charge is 0.328 e. The molecule has 1 aliphatic heterocycles. The van der Waals surface area contributed by atoms with Gasteiger partial charge in [0.05, 0.1) is 7.11 Å². The highest BCUT2D eigenvalue weighted by Crippen LogP contribution is 2.38. The Morgan fingerprint density at radius 2 is 1.86 bits per heavy atom. The summed E-state index contributed by atoms with van der Waals surface area (Å²) in [6.45, 7) is 0.909. The predicted octanol–water partition coefficient (Wildman–Crippen LogP) is 2.64. The maximum atomic E-state index is 12.4. The molecule has 0 fully saturated rings. The maximum absolute atomic E-state index is 12.4. The first-order valence-electron chi connectivity index (χ1n) is 9.38. The molecule has 2 heterocycles. The van der Waals surface area contributed by atoms with Crippen LogP contribution in [0.1, 0.15) is 16.8 Å². The summed E-state index contributed by atoms with van der Waals surface area (Å²) < 4.78 is 5.30. The van der Waals surface area contributed by atoms with E-state index in [0.717, 1.165) is 16.5 Å². The first-order valence-corrected chi connectivity index (χ1v) is 9.38. The summed E-state index contributed by atoms with van der Waals surface area (Å²) >= 11 is 0. The number of H-pyrrole nitrogens is 1. The lowest BCUT2D eigenvalue weighted by molar-refractivity contribution is -0.159. The summed E-state index contributed by atoms with van der Waals surface area (Å²) in [4.78, 5) is 29.8. The fraction of sp³-hybridized carbons (Fsp3) is 0.273. The zero-order valence-electron chi connectivity index (χ0n) is 16.0. The molecular formula is C22H22N2O5. The van der Waals surface area contributed by atoms with E-state index >= 15 is 0 Å². The van der Waals surface area contributed by atoms with Crippen LogP contribution in [0.15, 0.2) is 48.5 Å². The molecule has 0 unspecified atom stereocenters. The summed E-state index contributed by atoms with van der Waals surface area (Å²) in [5.41, 5.74) is 0.608. The van der Waals surface area contributed by atoms with Gasteiger partial charge in [-0.1, -0.05) is 30.3 Å². The van der Waals surface area contributed by atoms with Crippen molar-refractivity contribution in [3.63, 3.8) is 0 Å². The number of aromatic amines is 1. The summed E-state index contributed by atoms with van der Waals surface area (Å²) in [6, 6.07) is 15.0. The van der Waals surface area contributed by atoms with E-state index in [-0.39, 0.29) is 12.2 Å². The molecule has 0 spiro atoms. The van der Waals surface area contributed by atoms with Gasteiger partial charge in [0.1, 0.15) is 5.75 Å². The van der Waals surface area contributed by atoms with E-state index in [0.29, 0.717) is 30.8 Å². The number of fused-ring (bicyclic) bond motifs is 3. The number of hydrogen-bond donors (Lipinski definition) is 3. The van der Waals surface area contributed by atoms with E-state index in [2.05, 4.69) is 4.98 Å². The third-order valence-electron chi connectivity index (χ3n) is 5.66. The molecule has 0 bridgehead atoms. The number of nitrogens with zero attached hydrogens (tertiary/aromatic N) is 1. The van der Waals surface area contributed by atoms with Crippen molar-refractivity contribution in [2.24, 2.45) is 0 Å². The minimum Gasteiger partial charge on any atom is -0.497 e. The first kappa shape index (κ1) is 19.0. The number of carboxylic acids is 2. The van der Waals surface area contributed by atoms with Crippen LogP contribution in [0, 0.1) is 0 Å². The molecule has 3 N–H and O–H groups in total. The fourth-order valence-corrected chi connectivity index (χ4v) is 4.16. The van der Waals surface area contributed by atoms with Gasteiger partial charge in [-0.2, -0.15) is 0 Å². The Labute approximate surface area is 167 Å². The summed E-state index contributed by atoms with van der Waals surface area (Å²) in [5.74, 6) is -2.10. The molecule has 7 nitrogen and oxygen atoms in total. The van der Waals surface area contributed by atoms with E-state index in [4.69, 9.17) is 4.74 Å². The molecule has 1 aromatic heterocycles. The molecule has 0 radical (unpaired) electrons. The SMILES string of the molecule is COc1ccc2[nH]c3c(c2c1)CCN(Cc1ccccc1)CC3(C(=O)O)C(=O)O. The second-order valence-corrected chi connectivity index (χ2v) is 7.35. The Bertz CT molecular complexity index is 1060. The Morgan fingerprint density at radius 3 is 2.52 bits per heavy atom. The van der Waals surface area contributed by atoms with Gasteiger partial charge in [0.2, 0.25) is 5.41 Å². The van der Waals surface area contributed by atoms with Gasteiger partial charge >= 0.3 is 11.9 Å². The lowest BCUT2D eigenvalue weighted by atomic mass is 9.82. The standard InChI is InChI=1S/C22H22N2O5/c1-29-15-7-8-18-17(11-15)16-9-10-24(12-14-5-3-2-4-6-14)13-22(20(25)26,21(27)28)19(16)23-18/h2-8,11,23H,9-10,12-13H2,1H3,(H,25,26)(H,27,28). The minimum absolute atomic E-state index is 0.122. The van der Waals surface area contributed by atoms with E-state index in [1.807, 2.05) is 41.3 Å². The number of nitrogens with one attached hydrogen (secondary N) is 1. The van der Waals surface area contributed by atoms with Crippen LogP contribution in [0.5, 0.6) is 5.75 Å². The zero-order chi connectivity index (χ0) is 20.6. The number of ether oxygens (including phenoxy) is 1. The predicted molar refractivity (Wildman–Crippen MR) is 107 cm³/mol. The first-order chi connectivity index (χ1) is 14.0. The van der Waals surface area contributed by atoms with Crippen molar-refractivity contribution in [1.82, 2.24) is 9.88 Å². The van der Waals surface area contributed by atoms with Gasteiger partial charge in [-0.3, -0.25) is 14.5 Å². The number of methoxy groups -OCH3 is 1. The zero-order valence-corrected chi connectivity index (χ0v) is 16.0. The highest BCUT2D eigenvalue weighted by atomic mass is 16.5. The van der Waals surface area contributed by atoms with Gasteiger partial charge in [-0.15, -0.1) is 0 Å². The highest BCUT2D eigenvalue weighted by Gasteiger charge is 2.53. The average molecular weight is 394 g/mol. The highest BCUT2D eigenvalue weighted by molar-refractivity contribution is 6.06. The minimum atomic E-state index is -2.08. The van der Waals surface area contributed by atoms with Crippen molar-refractivity contribution in [1.29, 1.82) is 0 Å². The van der Waals surface area contributed by atoms with Crippen molar-refractivity contribution in [2.45, 2.75) is 18.4 Å². The van der Waals surface area contributed by atoms with Gasteiger partial charge in [0.15, 0.2) is 0 Å². The molecule has 0 atom stereocenters. The largest absolute Gasteiger partial charge is 0.497 e. The van der Waals surface area contributed by atoms with Gasteiger partial charge in [-0.05, 0) is 35.7 Å². The summed E-state index contributed by atoms with van der Waals surface area (Å²) in [6.07, 6.45) is 0.539. The number of benzene rings is 2. The van der Waals surface area contributed by atoms with Crippen LogP contribution in [-0.4, -0.2) is 52.2 Å². The molecule has 0 amide bonds. The number of hydrogen-bond acceptors (Lipinski definition) is 4. The topological polar surface area (TPSA) is 103 Å². The Hall–Kier alpha value is -3.32. The van der Waals surface area contributed by atoms with E-state index in [1.54, 1.807) is 19.2 Å². The molecule has 3 aromatic rings. The van der Waals surface area contributed by atoms with Gasteiger partial charge < -0.3 is 19.9 Å². The van der Waals surface area contributed by atoms with Crippen molar-refractivity contribution < 1.29 is 24.5 Å². The lowest BCUT2D eigenvalue weighted by Gasteiger charge is -2.29. The number of carboxylic acid groups (broad SMARTS) is 2. The molecule has 7 heteroatoms. The number of aromatic nitrogens is 1. The number of rotatable bonds is 5. The second-order valence-electron chi connectivity index (χ2n) is 7.35. The van der Waals surface area contributed by atoms with Crippen LogP contribution in [0.2, 0.25) is 0 Å². The Balaban J connectivity index is 1.85. The third kappa shape index (κ3) is 3.13. The third-order valence-corrected chi connectivity index (χ3v) is 5.66. The monoisotopic (exact) mass is 394 g/mol. The summed E-state index contributed by atoms with van der Waals surface area (Å²) in [7, 11) is 1.56. The van der Waals surface area contributed by atoms with Crippen molar-refractivity contribution in [2.75, 3.05) is 20.2 Å². The summed E-state index contributed by atoms with van der Waals surface area (Å²) in [5, 5.41) is 21.0. The van der Waals surface area contributed by atoms with E-state index in [9.17, 15) is 19.8 Å². The molecule has 4 rings (SSSR count). The second kappa shape index (κ2) is 7.25. The van der Waals surface area contributed by atoms with Crippen LogP contribution < -0.4 is 4.74 Å². The number of carbonyl (C=O) groups is 2. The normalized spacial score (nSPS) is 16.2. The van der Waals surface area contributed by atoms with Gasteiger partial charge in [0, 0.05) is 36.2 Å². The fourth-order valence-electron chi connectivity index (χ4n) is 4.16. The van der Waals surface area contributed by atoms with E-state index < -0.39 is 17.4 Å². The lowest BCUT2D eigenvalue weighted by Crippen LogP contribution is -2.51. The van der Waals surface area contributed by atoms with Crippen molar-refractivity contribution in [3.8, 4) is 5.75 Å². The van der Waals surface area contributed by atoms with Crippen LogP contribution in [-0.2, 0) is 28.0 Å². The Kier molecular flexibility index (Phi) is 4.76. The molecule has 2 aromatic carbocycles. The van der Waals surface area contributed by atoms with Crippen LogP contribution in [0.25, 0.3) is 10.9 Å². The van der Waals surface area contributed by atoms with Crippen molar-refractivity contribution >= 4 is 22.8 Å². The van der Waals surface area contributed by atoms with Crippen LogP contribution >= 0.6 is 0 Å². The molecule has 1 aliphatic rings. The van der Waals surface area contributed by atoms with Gasteiger partial charge in [0.25, 0.3) is 0 Å². The molecule has 150 valence electrons. The maximum Gasteiger partial charge on any atom is 0.328 e. The van der Waals surface area contributed by atoms with Gasteiger partial charge in [-0.25, -0.2) is 0 Å². The van der Waals surface area contributed by atoms with Crippen LogP contribution in [0.3, 0.4) is 0 Å². The Morgan fingerprint density at radius 1 is 1.14 bits per heavy atom. The van der Waals surface area contributed by atoms with Crippen molar-refractivity contribution in [3.05, 3.63) is 65.4 Å². The quantitative estimate of drug-likeness (QED) is 0.575. The molecule has 0 saturated carbocycles. The molecular weight excluding hydrogens is 372 g/mol. The molecule has 29 heavy (non-hydrogen) atoms. The molecule has 0 aliphatic carbocycles. The molecule has 0 saturated heterocycles. The average Bonchev–Trinajstić information content (AvgIpc) is 2.99. The van der Waals surface area contributed by atoms with Crippen LogP contribution in [0.4, 0.5) is 0 Å². The van der Waals surface area contributed by atoms with E-state index in [1.165, 1.54) is 0 Å². The number of aliphatic carboxylic acids is 2.